The number of likely N-dealkylation sites (N-methyl/N-ethyl adjacent to an activating group) is 1. The Morgan fingerprint density at radius 1 is 1.32 bits per heavy atom. The molecule has 0 saturated carbocycles. The lowest BCUT2D eigenvalue weighted by atomic mass is 9.82. The van der Waals surface area contributed by atoms with Gasteiger partial charge >= 0.3 is 0 Å². The molecule has 0 spiro atoms. The van der Waals surface area contributed by atoms with Crippen LogP contribution in [0, 0.1) is 5.82 Å². The van der Waals surface area contributed by atoms with Crippen LogP contribution in [0.4, 0.5) is 10.1 Å². The second-order valence-corrected chi connectivity index (χ2v) is 9.72. The van der Waals surface area contributed by atoms with Crippen LogP contribution in [0.15, 0.2) is 43.0 Å². The van der Waals surface area contributed by atoms with Gasteiger partial charge in [0.1, 0.15) is 11.4 Å². The second-order valence-electron chi connectivity index (χ2n) is 9.72. The summed E-state index contributed by atoms with van der Waals surface area (Å²) in [5.74, 6) is -1.92. The van der Waals surface area contributed by atoms with Crippen molar-refractivity contribution in [3.05, 3.63) is 71.0 Å². The first-order valence-corrected chi connectivity index (χ1v) is 12.4. The molecule has 2 saturated heterocycles. The fourth-order valence-electron chi connectivity index (χ4n) is 4.77. The van der Waals surface area contributed by atoms with Gasteiger partial charge in [-0.25, -0.2) is 4.39 Å². The first kappa shape index (κ1) is 27.9. The Hall–Kier alpha value is -3.09. The lowest BCUT2D eigenvalue weighted by molar-refractivity contribution is -0.171. The van der Waals surface area contributed by atoms with E-state index in [1.807, 2.05) is 0 Å². The molecular weight excluding hydrogens is 490 g/mol. The van der Waals surface area contributed by atoms with E-state index in [4.69, 9.17) is 12.6 Å². The van der Waals surface area contributed by atoms with Crippen LogP contribution >= 0.6 is 0 Å². The molecule has 2 aromatic rings. The van der Waals surface area contributed by atoms with Crippen LogP contribution in [0.25, 0.3) is 6.08 Å². The molecule has 4 N–H and O–H groups in total. The van der Waals surface area contributed by atoms with E-state index >= 15 is 4.39 Å². The number of piperidine rings is 1. The second kappa shape index (κ2) is 11.3. The van der Waals surface area contributed by atoms with Crippen molar-refractivity contribution in [2.45, 2.75) is 37.3 Å². The van der Waals surface area contributed by atoms with Gasteiger partial charge in [-0.2, -0.15) is 0 Å². The summed E-state index contributed by atoms with van der Waals surface area (Å²) in [6.07, 6.45) is 1.50. The number of amides is 2. The van der Waals surface area contributed by atoms with Crippen molar-refractivity contribution in [2.24, 2.45) is 0 Å². The standard InChI is InChI=1S/C27H32BFN4O5/c1-3-19-5-4-6-23(20(19)17-32(2)26(36)10-9-24(34)30-25(26)35)31-27(28,37)21-8-7-18(15-22(21)29)16-33-11-13-38-14-12-33/h3-8,15,31,36-37H,1,9-14,16-17H2,2H3,(H,30,34,35). The summed E-state index contributed by atoms with van der Waals surface area (Å²) in [5.41, 5.74) is -2.04. The normalized spacial score (nSPS) is 22.1. The predicted molar refractivity (Wildman–Crippen MR) is 141 cm³/mol. The van der Waals surface area contributed by atoms with E-state index in [2.05, 4.69) is 22.1 Å². The van der Waals surface area contributed by atoms with Crippen molar-refractivity contribution in [3.63, 3.8) is 0 Å². The molecule has 2 atom stereocenters. The molecule has 2 aliphatic rings. The molecule has 38 heavy (non-hydrogen) atoms. The highest BCUT2D eigenvalue weighted by Crippen LogP contribution is 2.32. The molecule has 0 bridgehead atoms. The van der Waals surface area contributed by atoms with Gasteiger partial charge < -0.3 is 20.3 Å². The molecule has 2 amide bonds. The number of morpholine rings is 1. The number of nitrogens with zero attached hydrogens (tertiary/aromatic N) is 2. The van der Waals surface area contributed by atoms with Crippen LogP contribution in [0.5, 0.6) is 0 Å². The Morgan fingerprint density at radius 3 is 2.71 bits per heavy atom. The van der Waals surface area contributed by atoms with E-state index in [1.54, 1.807) is 37.4 Å². The Labute approximate surface area is 222 Å². The van der Waals surface area contributed by atoms with Gasteiger partial charge in [-0.1, -0.05) is 36.9 Å². The molecule has 2 fully saturated rings. The van der Waals surface area contributed by atoms with Crippen molar-refractivity contribution in [3.8, 4) is 0 Å². The minimum atomic E-state index is -2.28. The molecule has 4 rings (SSSR count). The van der Waals surface area contributed by atoms with Crippen LogP contribution in [0.3, 0.4) is 0 Å². The fraction of sp³-hybridized carbons (Fsp3) is 0.407. The zero-order valence-electron chi connectivity index (χ0n) is 21.4. The number of aliphatic hydroxyl groups is 2. The number of anilines is 1. The number of carbonyl (C=O) groups is 2. The predicted octanol–water partition coefficient (Wildman–Crippen LogP) is 1.24. The first-order chi connectivity index (χ1) is 18.0. The average molecular weight is 522 g/mol. The van der Waals surface area contributed by atoms with Gasteiger partial charge in [-0.05, 0) is 35.9 Å². The Bertz CT molecular complexity index is 1220. The third kappa shape index (κ3) is 5.97. The molecule has 0 aliphatic carbocycles. The zero-order chi connectivity index (χ0) is 27.5. The van der Waals surface area contributed by atoms with Gasteiger partial charge in [0.2, 0.25) is 5.91 Å². The van der Waals surface area contributed by atoms with Gasteiger partial charge in [0.15, 0.2) is 13.6 Å². The lowest BCUT2D eigenvalue weighted by Crippen LogP contribution is -2.61. The number of halogens is 1. The maximum atomic E-state index is 15.2. The summed E-state index contributed by atoms with van der Waals surface area (Å²) >= 11 is 0. The molecule has 11 heteroatoms. The number of hydrogen-bond acceptors (Lipinski definition) is 8. The van der Waals surface area contributed by atoms with E-state index in [1.165, 1.54) is 17.0 Å². The van der Waals surface area contributed by atoms with E-state index in [0.717, 1.165) is 18.7 Å². The Kier molecular flexibility index (Phi) is 8.34. The van der Waals surface area contributed by atoms with E-state index < -0.39 is 29.0 Å². The smallest absolute Gasteiger partial charge is 0.274 e. The molecule has 200 valence electrons. The highest BCUT2D eigenvalue weighted by atomic mass is 19.1. The van der Waals surface area contributed by atoms with Crippen LogP contribution < -0.4 is 10.6 Å². The number of hydrogen-bond donors (Lipinski definition) is 4. The summed E-state index contributed by atoms with van der Waals surface area (Å²) < 4.78 is 20.5. The van der Waals surface area contributed by atoms with Crippen molar-refractivity contribution in [1.82, 2.24) is 15.1 Å². The molecule has 2 heterocycles. The summed E-state index contributed by atoms with van der Waals surface area (Å²) in [7, 11) is 7.73. The third-order valence-electron chi connectivity index (χ3n) is 7.06. The number of benzene rings is 2. The molecule has 2 radical (unpaired) electrons. The zero-order valence-corrected chi connectivity index (χ0v) is 21.4. The van der Waals surface area contributed by atoms with Gasteiger partial charge in [0.25, 0.3) is 5.91 Å². The van der Waals surface area contributed by atoms with Crippen molar-refractivity contribution >= 4 is 31.4 Å². The highest BCUT2D eigenvalue weighted by Gasteiger charge is 2.44. The number of ether oxygens (including phenoxy) is 1. The monoisotopic (exact) mass is 522 g/mol. The van der Waals surface area contributed by atoms with Crippen LogP contribution in [-0.4, -0.2) is 78.7 Å². The van der Waals surface area contributed by atoms with Gasteiger partial charge in [-0.3, -0.25) is 24.7 Å². The largest absolute Gasteiger partial charge is 0.379 e. The topological polar surface area (TPSA) is 114 Å². The third-order valence-corrected chi connectivity index (χ3v) is 7.06. The van der Waals surface area contributed by atoms with Gasteiger partial charge in [-0.15, -0.1) is 0 Å². The lowest BCUT2D eigenvalue weighted by Gasteiger charge is -2.39. The summed E-state index contributed by atoms with van der Waals surface area (Å²) in [6, 6.07) is 9.66. The van der Waals surface area contributed by atoms with E-state index in [9.17, 15) is 19.8 Å². The first-order valence-electron chi connectivity index (χ1n) is 12.4. The maximum Gasteiger partial charge on any atom is 0.274 e. The van der Waals surface area contributed by atoms with E-state index in [-0.39, 0.29) is 24.9 Å². The molecule has 2 unspecified atom stereocenters. The highest BCUT2D eigenvalue weighted by molar-refractivity contribution is 6.16. The molecular formula is C27H32BFN4O5. The molecule has 0 aromatic heterocycles. The number of carbonyl (C=O) groups excluding carboxylic acids is 2. The summed E-state index contributed by atoms with van der Waals surface area (Å²) in [5, 5.41) is 27.1. The maximum absolute atomic E-state index is 15.2. The number of imide groups is 1. The number of nitrogens with one attached hydrogen (secondary N) is 2. The quantitative estimate of drug-likeness (QED) is 0.221. The fourth-order valence-corrected chi connectivity index (χ4v) is 4.77. The Balaban J connectivity index is 1.56. The van der Waals surface area contributed by atoms with Crippen LogP contribution in [-0.2, 0) is 33.0 Å². The van der Waals surface area contributed by atoms with Crippen molar-refractivity contribution in [1.29, 1.82) is 0 Å². The Morgan fingerprint density at radius 2 is 2.05 bits per heavy atom. The van der Waals surface area contributed by atoms with E-state index in [0.29, 0.717) is 36.6 Å². The van der Waals surface area contributed by atoms with Crippen LogP contribution in [0.2, 0.25) is 0 Å². The molecule has 9 nitrogen and oxygen atoms in total. The minimum Gasteiger partial charge on any atom is -0.379 e. The SMILES string of the molecule is [B]C(O)(Nc1cccc(C=C)c1CN(C)C1(O)CCC(=O)NC1=O)c1ccc(CN2CCOCC2)cc1F. The van der Waals surface area contributed by atoms with Crippen molar-refractivity contribution in [2.75, 3.05) is 38.7 Å². The van der Waals surface area contributed by atoms with Gasteiger partial charge in [0.05, 0.1) is 13.2 Å². The average Bonchev–Trinajstić information content (AvgIpc) is 2.87. The minimum absolute atomic E-state index is 0.00977. The summed E-state index contributed by atoms with van der Waals surface area (Å²) in [4.78, 5) is 27.6. The summed E-state index contributed by atoms with van der Waals surface area (Å²) in [6.45, 7) is 7.19. The van der Waals surface area contributed by atoms with Crippen molar-refractivity contribution < 1.29 is 28.9 Å². The van der Waals surface area contributed by atoms with Gasteiger partial charge in [0, 0.05) is 50.3 Å². The van der Waals surface area contributed by atoms with Crippen LogP contribution in [0.1, 0.15) is 35.1 Å². The number of rotatable bonds is 9. The molecule has 2 aliphatic heterocycles. The molecule has 2 aromatic carbocycles.